The molecule has 1 heterocycles. The van der Waals surface area contributed by atoms with Gasteiger partial charge in [-0.1, -0.05) is 5.21 Å². The number of Topliss-reactive ketones (excluding diaryl/α,β-unsaturated/α-hetero) is 1. The highest BCUT2D eigenvalue weighted by Crippen LogP contribution is 2.15. The highest BCUT2D eigenvalue weighted by atomic mass is 19.1. The fourth-order valence-corrected chi connectivity index (χ4v) is 1.56. The Morgan fingerprint density at radius 2 is 1.82 bits per heavy atom. The monoisotopic (exact) mass is 237 g/mol. The molecule has 1 aromatic carbocycles. The first-order valence-electron chi connectivity index (χ1n) is 4.88. The lowest BCUT2D eigenvalue weighted by Crippen LogP contribution is -2.02. The maximum Gasteiger partial charge on any atom is 0.181 e. The fraction of sp³-hybridized carbons (Fsp3) is 0.182. The molecule has 2 aromatic rings. The van der Waals surface area contributed by atoms with Gasteiger partial charge in [0.2, 0.25) is 0 Å². The van der Waals surface area contributed by atoms with Crippen molar-refractivity contribution in [1.82, 2.24) is 15.0 Å². The van der Waals surface area contributed by atoms with E-state index in [-0.39, 0.29) is 17.2 Å². The van der Waals surface area contributed by atoms with Crippen molar-refractivity contribution in [2.75, 3.05) is 0 Å². The highest BCUT2D eigenvalue weighted by molar-refractivity contribution is 5.93. The van der Waals surface area contributed by atoms with Crippen LogP contribution in [0.4, 0.5) is 8.78 Å². The Bertz CT molecular complexity index is 572. The summed E-state index contributed by atoms with van der Waals surface area (Å²) >= 11 is 0. The quantitative estimate of drug-likeness (QED) is 0.751. The molecule has 4 nitrogen and oxygen atoms in total. The highest BCUT2D eigenvalue weighted by Gasteiger charge is 2.14. The molecule has 0 aliphatic heterocycles. The number of benzene rings is 1. The van der Waals surface area contributed by atoms with Crippen LogP contribution in [0.2, 0.25) is 0 Å². The molecular weight excluding hydrogens is 228 g/mol. The van der Waals surface area contributed by atoms with E-state index in [0.717, 1.165) is 18.2 Å². The van der Waals surface area contributed by atoms with Crippen molar-refractivity contribution in [3.63, 3.8) is 0 Å². The summed E-state index contributed by atoms with van der Waals surface area (Å²) in [5.41, 5.74) is 0.831. The predicted octanol–water partition coefficient (Wildman–Crippen LogP) is 2.06. The minimum Gasteiger partial charge on any atom is -0.293 e. The SMILES string of the molecule is CC(=O)c1nnn(-c2cc(F)cc(F)c2)c1C. The van der Waals surface area contributed by atoms with E-state index in [1.54, 1.807) is 6.92 Å². The molecule has 0 aliphatic rings. The lowest BCUT2D eigenvalue weighted by atomic mass is 10.2. The molecule has 0 saturated heterocycles. The second-order valence-electron chi connectivity index (χ2n) is 3.62. The van der Waals surface area contributed by atoms with Gasteiger partial charge in [-0.25, -0.2) is 13.5 Å². The Morgan fingerprint density at radius 1 is 1.24 bits per heavy atom. The number of hydrogen-bond donors (Lipinski definition) is 0. The third kappa shape index (κ3) is 2.06. The average Bonchev–Trinajstić information content (AvgIpc) is 2.58. The molecule has 0 atom stereocenters. The van der Waals surface area contributed by atoms with Crippen LogP contribution in [0.15, 0.2) is 18.2 Å². The predicted molar refractivity (Wildman–Crippen MR) is 56.0 cm³/mol. The molecule has 17 heavy (non-hydrogen) atoms. The number of carbonyl (C=O) groups excluding carboxylic acids is 1. The number of ketones is 1. The lowest BCUT2D eigenvalue weighted by Gasteiger charge is -2.03. The van der Waals surface area contributed by atoms with Gasteiger partial charge in [-0.3, -0.25) is 4.79 Å². The normalized spacial score (nSPS) is 10.6. The third-order valence-electron chi connectivity index (χ3n) is 2.32. The van der Waals surface area contributed by atoms with Gasteiger partial charge in [0.05, 0.1) is 11.4 Å². The molecule has 6 heteroatoms. The molecule has 0 spiro atoms. The van der Waals surface area contributed by atoms with E-state index in [4.69, 9.17) is 0 Å². The third-order valence-corrected chi connectivity index (χ3v) is 2.32. The Kier molecular flexibility index (Phi) is 2.71. The summed E-state index contributed by atoms with van der Waals surface area (Å²) in [7, 11) is 0. The number of hydrogen-bond acceptors (Lipinski definition) is 3. The van der Waals surface area contributed by atoms with Crippen LogP contribution < -0.4 is 0 Å². The van der Waals surface area contributed by atoms with Crippen molar-refractivity contribution in [1.29, 1.82) is 0 Å². The van der Waals surface area contributed by atoms with Gasteiger partial charge in [-0.15, -0.1) is 5.10 Å². The van der Waals surface area contributed by atoms with Crippen molar-refractivity contribution in [3.05, 3.63) is 41.2 Å². The lowest BCUT2D eigenvalue weighted by molar-refractivity contribution is 0.101. The smallest absolute Gasteiger partial charge is 0.181 e. The maximum atomic E-state index is 13.0. The number of nitrogens with zero attached hydrogens (tertiary/aromatic N) is 3. The second kappa shape index (κ2) is 4.04. The van der Waals surface area contributed by atoms with Gasteiger partial charge in [-0.2, -0.15) is 0 Å². The van der Waals surface area contributed by atoms with Crippen molar-refractivity contribution < 1.29 is 13.6 Å². The second-order valence-corrected chi connectivity index (χ2v) is 3.62. The summed E-state index contributed by atoms with van der Waals surface area (Å²) in [4.78, 5) is 11.2. The summed E-state index contributed by atoms with van der Waals surface area (Å²) in [5, 5.41) is 7.37. The molecule has 0 unspecified atom stereocenters. The molecule has 0 aliphatic carbocycles. The van der Waals surface area contributed by atoms with Gasteiger partial charge in [-0.05, 0) is 19.1 Å². The maximum absolute atomic E-state index is 13.0. The molecule has 2 rings (SSSR count). The van der Waals surface area contributed by atoms with Gasteiger partial charge in [0.15, 0.2) is 11.5 Å². The van der Waals surface area contributed by atoms with Crippen LogP contribution in [0.1, 0.15) is 23.1 Å². The molecule has 0 N–H and O–H groups in total. The fourth-order valence-electron chi connectivity index (χ4n) is 1.56. The van der Waals surface area contributed by atoms with E-state index < -0.39 is 11.6 Å². The number of carbonyl (C=O) groups is 1. The van der Waals surface area contributed by atoms with E-state index >= 15 is 0 Å². The number of halogens is 2. The number of rotatable bonds is 2. The molecule has 0 saturated carbocycles. The Balaban J connectivity index is 2.57. The Hall–Kier alpha value is -2.11. The summed E-state index contributed by atoms with van der Waals surface area (Å²) in [6.45, 7) is 2.97. The van der Waals surface area contributed by atoms with E-state index in [9.17, 15) is 13.6 Å². The van der Waals surface area contributed by atoms with Crippen LogP contribution in [0.25, 0.3) is 5.69 Å². The molecule has 0 amide bonds. The van der Waals surface area contributed by atoms with E-state index in [1.807, 2.05) is 0 Å². The molecule has 1 aromatic heterocycles. The summed E-state index contributed by atoms with van der Waals surface area (Å²) < 4.78 is 27.3. The van der Waals surface area contributed by atoms with Crippen LogP contribution in [-0.2, 0) is 0 Å². The van der Waals surface area contributed by atoms with Crippen LogP contribution >= 0.6 is 0 Å². The first-order chi connectivity index (χ1) is 7.99. The topological polar surface area (TPSA) is 47.8 Å². The van der Waals surface area contributed by atoms with Crippen LogP contribution in [-0.4, -0.2) is 20.8 Å². The zero-order valence-corrected chi connectivity index (χ0v) is 9.24. The van der Waals surface area contributed by atoms with Gasteiger partial charge >= 0.3 is 0 Å². The van der Waals surface area contributed by atoms with Gasteiger partial charge in [0.25, 0.3) is 0 Å². The molecule has 0 bridgehead atoms. The standard InChI is InChI=1S/C11H9F2N3O/c1-6-11(7(2)17)14-15-16(6)10-4-8(12)3-9(13)5-10/h3-5H,1-2H3. The Morgan fingerprint density at radius 3 is 2.29 bits per heavy atom. The summed E-state index contributed by atoms with van der Waals surface area (Å²) in [6.07, 6.45) is 0. The van der Waals surface area contributed by atoms with Crippen LogP contribution in [0.5, 0.6) is 0 Å². The Labute approximate surface area is 95.9 Å². The molecular formula is C11H9F2N3O. The largest absolute Gasteiger partial charge is 0.293 e. The van der Waals surface area contributed by atoms with Crippen LogP contribution in [0.3, 0.4) is 0 Å². The molecule has 0 radical (unpaired) electrons. The van der Waals surface area contributed by atoms with E-state index in [1.165, 1.54) is 11.6 Å². The van der Waals surface area contributed by atoms with Crippen molar-refractivity contribution in [3.8, 4) is 5.69 Å². The van der Waals surface area contributed by atoms with Crippen molar-refractivity contribution >= 4 is 5.78 Å². The number of aromatic nitrogens is 3. The van der Waals surface area contributed by atoms with E-state index in [2.05, 4.69) is 10.3 Å². The molecule has 0 fully saturated rings. The average molecular weight is 237 g/mol. The van der Waals surface area contributed by atoms with E-state index in [0.29, 0.717) is 5.69 Å². The minimum absolute atomic E-state index is 0.190. The summed E-state index contributed by atoms with van der Waals surface area (Å²) in [6, 6.07) is 3.00. The first-order valence-corrected chi connectivity index (χ1v) is 4.88. The van der Waals surface area contributed by atoms with Gasteiger partial charge in [0, 0.05) is 13.0 Å². The van der Waals surface area contributed by atoms with Crippen molar-refractivity contribution in [2.24, 2.45) is 0 Å². The summed E-state index contributed by atoms with van der Waals surface area (Å²) in [5.74, 6) is -1.66. The zero-order valence-electron chi connectivity index (χ0n) is 9.24. The zero-order chi connectivity index (χ0) is 12.6. The molecule has 88 valence electrons. The van der Waals surface area contributed by atoms with Gasteiger partial charge in [0.1, 0.15) is 11.6 Å². The van der Waals surface area contributed by atoms with Crippen molar-refractivity contribution in [2.45, 2.75) is 13.8 Å². The van der Waals surface area contributed by atoms with Gasteiger partial charge < -0.3 is 0 Å². The minimum atomic E-state index is -0.709. The first kappa shape index (κ1) is 11.4. The van der Waals surface area contributed by atoms with Crippen LogP contribution in [0, 0.1) is 18.6 Å².